The molecule has 35 heavy (non-hydrogen) atoms. The van der Waals surface area contributed by atoms with Gasteiger partial charge in [0.05, 0.1) is 13.2 Å². The van der Waals surface area contributed by atoms with Gasteiger partial charge < -0.3 is 9.47 Å². The Bertz CT molecular complexity index is 1040. The average Bonchev–Trinajstić information content (AvgIpc) is 2.95. The standard InChI is InChI=1S/C33H48O2/c1-21(2)26-10-12-31-29(17-26)33(9,23(5)6)19-25(20-35-31)16-24(7)27-11-13-30-28(18-27)32(8,22(3)4)14-15-34-30/h10-13,17-18,21-25H,14-16,19-20H2,1-9H3. The average molecular weight is 477 g/mol. The lowest BCUT2D eigenvalue weighted by molar-refractivity contribution is 0.186. The maximum absolute atomic E-state index is 6.51. The Morgan fingerprint density at radius 3 is 1.97 bits per heavy atom. The van der Waals surface area contributed by atoms with Crippen LogP contribution in [0.1, 0.15) is 116 Å². The molecule has 4 unspecified atom stereocenters. The third kappa shape index (κ3) is 4.87. The molecule has 0 bridgehead atoms. The van der Waals surface area contributed by atoms with Gasteiger partial charge in [0.2, 0.25) is 0 Å². The van der Waals surface area contributed by atoms with Crippen molar-refractivity contribution in [1.29, 1.82) is 0 Å². The number of fused-ring (bicyclic) bond motifs is 2. The van der Waals surface area contributed by atoms with Crippen molar-refractivity contribution >= 4 is 0 Å². The van der Waals surface area contributed by atoms with Crippen molar-refractivity contribution in [2.75, 3.05) is 13.2 Å². The number of hydrogen-bond acceptors (Lipinski definition) is 2. The Morgan fingerprint density at radius 1 is 0.771 bits per heavy atom. The molecule has 2 aromatic rings. The minimum Gasteiger partial charge on any atom is -0.493 e. The van der Waals surface area contributed by atoms with Crippen molar-refractivity contribution in [3.05, 3.63) is 58.7 Å². The Balaban J connectivity index is 1.60. The molecule has 0 fully saturated rings. The second kappa shape index (κ2) is 9.83. The molecule has 4 rings (SSSR count). The molecule has 0 N–H and O–H groups in total. The van der Waals surface area contributed by atoms with Gasteiger partial charge in [0.25, 0.3) is 0 Å². The van der Waals surface area contributed by atoms with Gasteiger partial charge in [-0.05, 0) is 77.5 Å². The van der Waals surface area contributed by atoms with Crippen LogP contribution >= 0.6 is 0 Å². The molecule has 0 saturated carbocycles. The van der Waals surface area contributed by atoms with Gasteiger partial charge in [0.15, 0.2) is 0 Å². The highest BCUT2D eigenvalue weighted by atomic mass is 16.5. The lowest BCUT2D eigenvalue weighted by Gasteiger charge is -2.40. The van der Waals surface area contributed by atoms with Crippen LogP contribution in [-0.2, 0) is 10.8 Å². The highest BCUT2D eigenvalue weighted by Crippen LogP contribution is 2.48. The number of rotatable bonds is 6. The predicted octanol–water partition coefficient (Wildman–Crippen LogP) is 9.01. The quantitative estimate of drug-likeness (QED) is 0.414. The fourth-order valence-corrected chi connectivity index (χ4v) is 6.32. The van der Waals surface area contributed by atoms with Gasteiger partial charge in [0, 0.05) is 16.5 Å². The predicted molar refractivity (Wildman–Crippen MR) is 148 cm³/mol. The molecule has 0 amide bonds. The molecule has 2 aliphatic heterocycles. The summed E-state index contributed by atoms with van der Waals surface area (Å²) in [7, 11) is 0. The van der Waals surface area contributed by atoms with E-state index in [1.54, 1.807) is 0 Å². The second-order valence-corrected chi connectivity index (χ2v) is 12.9. The van der Waals surface area contributed by atoms with Crippen LogP contribution in [-0.4, -0.2) is 13.2 Å². The summed E-state index contributed by atoms with van der Waals surface area (Å²) in [5, 5.41) is 0. The van der Waals surface area contributed by atoms with E-state index < -0.39 is 0 Å². The Morgan fingerprint density at radius 2 is 1.34 bits per heavy atom. The van der Waals surface area contributed by atoms with E-state index in [0.717, 1.165) is 37.6 Å². The summed E-state index contributed by atoms with van der Waals surface area (Å²) in [6.07, 6.45) is 3.40. The first-order valence-electron chi connectivity index (χ1n) is 14.0. The van der Waals surface area contributed by atoms with Crippen LogP contribution in [0.5, 0.6) is 11.5 Å². The van der Waals surface area contributed by atoms with Gasteiger partial charge in [-0.2, -0.15) is 0 Å². The van der Waals surface area contributed by atoms with Crippen LogP contribution in [0.3, 0.4) is 0 Å². The van der Waals surface area contributed by atoms with E-state index in [-0.39, 0.29) is 10.8 Å². The maximum atomic E-state index is 6.51. The molecular formula is C33H48O2. The lowest BCUT2D eigenvalue weighted by atomic mass is 9.66. The first-order valence-corrected chi connectivity index (χ1v) is 14.0. The fraction of sp³-hybridized carbons (Fsp3) is 0.636. The summed E-state index contributed by atoms with van der Waals surface area (Å²) in [5.74, 6) is 4.86. The van der Waals surface area contributed by atoms with Gasteiger partial charge in [-0.25, -0.2) is 0 Å². The molecule has 2 heteroatoms. The monoisotopic (exact) mass is 476 g/mol. The first-order chi connectivity index (χ1) is 16.5. The molecule has 0 saturated heterocycles. The summed E-state index contributed by atoms with van der Waals surface area (Å²) < 4.78 is 12.6. The molecule has 2 heterocycles. The van der Waals surface area contributed by atoms with E-state index in [4.69, 9.17) is 9.47 Å². The van der Waals surface area contributed by atoms with Crippen LogP contribution < -0.4 is 9.47 Å². The van der Waals surface area contributed by atoms with Gasteiger partial charge in [0.1, 0.15) is 11.5 Å². The summed E-state index contributed by atoms with van der Waals surface area (Å²) in [5.41, 5.74) is 5.96. The molecule has 4 atom stereocenters. The van der Waals surface area contributed by atoms with Crippen LogP contribution in [0.2, 0.25) is 0 Å². The van der Waals surface area contributed by atoms with E-state index in [1.165, 1.54) is 28.7 Å². The Kier molecular flexibility index (Phi) is 7.33. The number of hydrogen-bond donors (Lipinski definition) is 0. The summed E-state index contributed by atoms with van der Waals surface area (Å²) >= 11 is 0. The smallest absolute Gasteiger partial charge is 0.123 e. The lowest BCUT2D eigenvalue weighted by Crippen LogP contribution is -2.35. The molecule has 0 aromatic heterocycles. The Labute approximate surface area is 214 Å². The van der Waals surface area contributed by atoms with E-state index >= 15 is 0 Å². The molecule has 2 nitrogen and oxygen atoms in total. The minimum atomic E-state index is 0.112. The van der Waals surface area contributed by atoms with Gasteiger partial charge in [-0.15, -0.1) is 0 Å². The molecule has 192 valence electrons. The first kappa shape index (κ1) is 26.1. The van der Waals surface area contributed by atoms with Crippen LogP contribution in [0.15, 0.2) is 36.4 Å². The van der Waals surface area contributed by atoms with E-state index in [9.17, 15) is 0 Å². The third-order valence-corrected chi connectivity index (χ3v) is 9.78. The summed E-state index contributed by atoms with van der Waals surface area (Å²) in [4.78, 5) is 0. The molecule has 0 aliphatic carbocycles. The van der Waals surface area contributed by atoms with Crippen molar-refractivity contribution in [3.8, 4) is 11.5 Å². The van der Waals surface area contributed by atoms with Crippen molar-refractivity contribution in [2.24, 2.45) is 17.8 Å². The molecule has 0 radical (unpaired) electrons. The second-order valence-electron chi connectivity index (χ2n) is 12.9. The van der Waals surface area contributed by atoms with Crippen LogP contribution in [0.4, 0.5) is 0 Å². The molecule has 2 aliphatic rings. The molecule has 2 aromatic carbocycles. The number of ether oxygens (including phenoxy) is 2. The zero-order valence-corrected chi connectivity index (χ0v) is 23.7. The normalized spacial score (nSPS) is 27.1. The van der Waals surface area contributed by atoms with Crippen molar-refractivity contribution in [2.45, 2.75) is 104 Å². The fourth-order valence-electron chi connectivity index (χ4n) is 6.32. The summed E-state index contributed by atoms with van der Waals surface area (Å²) in [6, 6.07) is 13.9. The van der Waals surface area contributed by atoms with Gasteiger partial charge in [-0.3, -0.25) is 0 Å². The van der Waals surface area contributed by atoms with Crippen molar-refractivity contribution < 1.29 is 9.47 Å². The van der Waals surface area contributed by atoms with Crippen molar-refractivity contribution in [3.63, 3.8) is 0 Å². The number of benzene rings is 2. The molecule has 0 spiro atoms. The zero-order valence-electron chi connectivity index (χ0n) is 23.7. The SMILES string of the molecule is CC(C)c1ccc2c(c1)C(C)(C(C)C)CC(CC(C)c1ccc3c(c1)C(C)(C(C)C)CCO3)CO2. The van der Waals surface area contributed by atoms with Gasteiger partial charge >= 0.3 is 0 Å². The zero-order chi connectivity index (χ0) is 25.5. The highest BCUT2D eigenvalue weighted by Gasteiger charge is 2.40. The molecular weight excluding hydrogens is 428 g/mol. The maximum Gasteiger partial charge on any atom is 0.123 e. The summed E-state index contributed by atoms with van der Waals surface area (Å²) in [6.45, 7) is 22.9. The third-order valence-electron chi connectivity index (χ3n) is 9.78. The van der Waals surface area contributed by atoms with Crippen LogP contribution in [0, 0.1) is 17.8 Å². The van der Waals surface area contributed by atoms with E-state index in [0.29, 0.717) is 29.6 Å². The largest absolute Gasteiger partial charge is 0.493 e. The van der Waals surface area contributed by atoms with Gasteiger partial charge in [-0.1, -0.05) is 86.6 Å². The topological polar surface area (TPSA) is 18.5 Å². The van der Waals surface area contributed by atoms with E-state index in [1.807, 2.05) is 0 Å². The minimum absolute atomic E-state index is 0.112. The van der Waals surface area contributed by atoms with E-state index in [2.05, 4.69) is 98.7 Å². The Hall–Kier alpha value is -1.96. The van der Waals surface area contributed by atoms with Crippen molar-refractivity contribution in [1.82, 2.24) is 0 Å². The van der Waals surface area contributed by atoms with Crippen LogP contribution in [0.25, 0.3) is 0 Å². The highest BCUT2D eigenvalue weighted by molar-refractivity contribution is 5.46.